The lowest BCUT2D eigenvalue weighted by molar-refractivity contribution is 0.104. The van der Waals surface area contributed by atoms with Gasteiger partial charge >= 0.3 is 0 Å². The summed E-state index contributed by atoms with van der Waals surface area (Å²) in [6.07, 6.45) is 1.22. The molecule has 0 radical (unpaired) electrons. The second kappa shape index (κ2) is 10.0. The fourth-order valence-electron chi connectivity index (χ4n) is 5.23. The van der Waals surface area contributed by atoms with Gasteiger partial charge in [0.1, 0.15) is 5.82 Å². The minimum atomic E-state index is -3.23. The highest BCUT2D eigenvalue weighted by Gasteiger charge is 2.19. The first-order chi connectivity index (χ1) is 17.6. The van der Waals surface area contributed by atoms with Crippen LogP contribution in [0.3, 0.4) is 0 Å². The molecule has 3 aromatic carbocycles. The van der Waals surface area contributed by atoms with Crippen molar-refractivity contribution in [2.45, 2.75) is 38.3 Å². The van der Waals surface area contributed by atoms with Crippen LogP contribution in [0.25, 0.3) is 33.5 Å². The van der Waals surface area contributed by atoms with Crippen molar-refractivity contribution in [3.05, 3.63) is 71.8 Å². The molecule has 1 saturated heterocycles. The average Bonchev–Trinajstić information content (AvgIpc) is 3.21. The minimum Gasteiger partial charge on any atom is -0.327 e. The smallest absolute Gasteiger partial charge is 0.175 e. The van der Waals surface area contributed by atoms with E-state index < -0.39 is 9.84 Å². The van der Waals surface area contributed by atoms with Crippen molar-refractivity contribution < 1.29 is 8.42 Å². The van der Waals surface area contributed by atoms with Gasteiger partial charge in [-0.2, -0.15) is 0 Å². The molecule has 4 aromatic rings. The highest BCUT2D eigenvalue weighted by Crippen LogP contribution is 2.31. The Labute approximate surface area is 220 Å². The molecule has 5 rings (SSSR count). The highest BCUT2D eigenvalue weighted by molar-refractivity contribution is 7.90. The van der Waals surface area contributed by atoms with Gasteiger partial charge in [-0.1, -0.05) is 24.3 Å². The molecule has 0 atom stereocenters. The molecule has 194 valence electrons. The molecular weight excluding hydrogens is 480 g/mol. The van der Waals surface area contributed by atoms with Crippen molar-refractivity contribution in [2.24, 2.45) is 7.05 Å². The summed E-state index contributed by atoms with van der Waals surface area (Å²) in [7, 11) is -1.21. The molecule has 0 saturated carbocycles. The summed E-state index contributed by atoms with van der Waals surface area (Å²) in [6.45, 7) is 12.2. The molecule has 6 nitrogen and oxygen atoms in total. The lowest BCUT2D eigenvalue weighted by Gasteiger charge is -2.36. The zero-order valence-electron chi connectivity index (χ0n) is 22.4. The van der Waals surface area contributed by atoms with E-state index >= 15 is 0 Å². The first kappa shape index (κ1) is 25.6. The number of nitrogens with zero attached hydrogens (tertiary/aromatic N) is 4. The molecule has 7 heteroatoms. The van der Waals surface area contributed by atoms with Gasteiger partial charge in [-0.05, 0) is 79.4 Å². The van der Waals surface area contributed by atoms with Crippen molar-refractivity contribution in [3.8, 4) is 22.5 Å². The molecule has 0 bridgehead atoms. The van der Waals surface area contributed by atoms with E-state index in [0.717, 1.165) is 60.7 Å². The van der Waals surface area contributed by atoms with Gasteiger partial charge in [0.25, 0.3) is 0 Å². The molecule has 0 unspecified atom stereocenters. The number of rotatable bonds is 6. The van der Waals surface area contributed by atoms with Crippen LogP contribution in [-0.2, 0) is 23.4 Å². The number of aryl methyl sites for hydroxylation is 2. The van der Waals surface area contributed by atoms with Crippen molar-refractivity contribution in [3.63, 3.8) is 0 Å². The Morgan fingerprint density at radius 1 is 0.865 bits per heavy atom. The number of sulfone groups is 1. The maximum absolute atomic E-state index is 11.8. The van der Waals surface area contributed by atoms with Gasteiger partial charge in [0, 0.05) is 57.6 Å². The van der Waals surface area contributed by atoms with Gasteiger partial charge in [0.05, 0.1) is 15.9 Å². The van der Waals surface area contributed by atoms with Crippen LogP contribution in [-0.4, -0.2) is 66.2 Å². The second-order valence-corrected chi connectivity index (χ2v) is 12.6. The number of fused-ring (bicyclic) bond motifs is 1. The largest absolute Gasteiger partial charge is 0.327 e. The van der Waals surface area contributed by atoms with Gasteiger partial charge in [-0.15, -0.1) is 0 Å². The Hall–Kier alpha value is -3.00. The summed E-state index contributed by atoms with van der Waals surface area (Å²) in [5, 5.41) is 0. The van der Waals surface area contributed by atoms with Crippen LogP contribution in [0.5, 0.6) is 0 Å². The zero-order valence-corrected chi connectivity index (χ0v) is 23.2. The lowest BCUT2D eigenvalue weighted by Crippen LogP contribution is -2.48. The Morgan fingerprint density at radius 2 is 1.49 bits per heavy atom. The van der Waals surface area contributed by atoms with E-state index in [1.807, 2.05) is 19.2 Å². The first-order valence-electron chi connectivity index (χ1n) is 12.9. The van der Waals surface area contributed by atoms with Crippen molar-refractivity contribution in [1.29, 1.82) is 0 Å². The maximum Gasteiger partial charge on any atom is 0.175 e. The predicted molar refractivity (Wildman–Crippen MR) is 151 cm³/mol. The fraction of sp³-hybridized carbons (Fsp3) is 0.367. The molecule has 1 aliphatic rings. The monoisotopic (exact) mass is 516 g/mol. The van der Waals surface area contributed by atoms with Crippen LogP contribution in [0, 0.1) is 6.92 Å². The third-order valence-electron chi connectivity index (χ3n) is 7.55. The van der Waals surface area contributed by atoms with Crippen LogP contribution in [0.15, 0.2) is 65.6 Å². The Morgan fingerprint density at radius 3 is 2.08 bits per heavy atom. The Kier molecular flexibility index (Phi) is 6.96. The van der Waals surface area contributed by atoms with E-state index in [9.17, 15) is 8.42 Å². The van der Waals surface area contributed by atoms with Crippen LogP contribution < -0.4 is 0 Å². The summed E-state index contributed by atoms with van der Waals surface area (Å²) in [5.41, 5.74) is 7.75. The molecule has 1 aromatic heterocycles. The van der Waals surface area contributed by atoms with Gasteiger partial charge in [0.2, 0.25) is 0 Å². The highest BCUT2D eigenvalue weighted by atomic mass is 32.2. The summed E-state index contributed by atoms with van der Waals surface area (Å²) in [5.74, 6) is 0.822. The number of aromatic nitrogens is 2. The first-order valence-corrected chi connectivity index (χ1v) is 14.8. The van der Waals surface area contributed by atoms with Gasteiger partial charge in [0.15, 0.2) is 9.84 Å². The molecule has 0 aliphatic carbocycles. The topological polar surface area (TPSA) is 58.4 Å². The van der Waals surface area contributed by atoms with Crippen molar-refractivity contribution in [1.82, 2.24) is 19.4 Å². The van der Waals surface area contributed by atoms with Crippen molar-refractivity contribution >= 4 is 20.9 Å². The summed E-state index contributed by atoms with van der Waals surface area (Å²) in [4.78, 5) is 10.3. The molecule has 37 heavy (non-hydrogen) atoms. The van der Waals surface area contributed by atoms with E-state index in [2.05, 4.69) is 71.5 Å². The van der Waals surface area contributed by atoms with Crippen LogP contribution in [0.1, 0.15) is 25.0 Å². The number of piperazine rings is 1. The zero-order chi connectivity index (χ0) is 26.3. The summed E-state index contributed by atoms with van der Waals surface area (Å²) < 4.78 is 25.8. The molecule has 1 aliphatic heterocycles. The van der Waals surface area contributed by atoms with E-state index in [4.69, 9.17) is 4.98 Å². The standard InChI is InChI=1S/C30H36N4O2S/c1-21(2)34-16-14-33(15-17-34)20-23-6-8-24(9-7-23)26-18-22(3)29-28(19-26)32(4)30(31-29)25-10-12-27(13-11-25)37(5,35)36/h6-13,18-19,21H,14-17,20H2,1-5H3. The number of imidazole rings is 1. The minimum absolute atomic E-state index is 0.315. The number of hydrogen-bond acceptors (Lipinski definition) is 5. The number of benzene rings is 3. The van der Waals surface area contributed by atoms with Gasteiger partial charge < -0.3 is 4.57 Å². The van der Waals surface area contributed by atoms with E-state index in [0.29, 0.717) is 10.9 Å². The SMILES string of the molecule is Cc1cc(-c2ccc(CN3CCN(C(C)C)CC3)cc2)cc2c1nc(-c1ccc(S(C)(=O)=O)cc1)n2C. The second-order valence-electron chi connectivity index (χ2n) is 10.6. The lowest BCUT2D eigenvalue weighted by atomic mass is 10.0. The fourth-order valence-corrected chi connectivity index (χ4v) is 5.86. The maximum atomic E-state index is 11.8. The summed E-state index contributed by atoms with van der Waals surface area (Å²) >= 11 is 0. The molecule has 0 spiro atoms. The molecule has 0 amide bonds. The summed E-state index contributed by atoms with van der Waals surface area (Å²) in [6, 6.07) is 20.9. The quantitative estimate of drug-likeness (QED) is 0.355. The van der Waals surface area contributed by atoms with E-state index in [1.54, 1.807) is 12.1 Å². The van der Waals surface area contributed by atoms with E-state index in [-0.39, 0.29) is 0 Å². The Bertz CT molecular complexity index is 1510. The normalized spacial score (nSPS) is 15.6. The molecule has 0 N–H and O–H groups in total. The molecular formula is C30H36N4O2S. The van der Waals surface area contributed by atoms with Crippen molar-refractivity contribution in [2.75, 3.05) is 32.4 Å². The van der Waals surface area contributed by atoms with Crippen LogP contribution in [0.2, 0.25) is 0 Å². The third-order valence-corrected chi connectivity index (χ3v) is 8.68. The van der Waals surface area contributed by atoms with E-state index in [1.165, 1.54) is 22.9 Å². The predicted octanol–water partition coefficient (Wildman–Crippen LogP) is 5.15. The van der Waals surface area contributed by atoms with Crippen LogP contribution in [0.4, 0.5) is 0 Å². The average molecular weight is 517 g/mol. The van der Waals surface area contributed by atoms with Gasteiger partial charge in [-0.3, -0.25) is 9.80 Å². The van der Waals surface area contributed by atoms with Gasteiger partial charge in [-0.25, -0.2) is 13.4 Å². The Balaban J connectivity index is 1.37. The molecule has 1 fully saturated rings. The number of hydrogen-bond donors (Lipinski definition) is 0. The molecule has 2 heterocycles. The van der Waals surface area contributed by atoms with Crippen LogP contribution >= 0.6 is 0 Å². The third kappa shape index (κ3) is 5.35.